The molecule has 120 valence electrons. The Morgan fingerprint density at radius 2 is 1.88 bits per heavy atom. The minimum atomic E-state index is -0.508. The molecule has 0 atom stereocenters. The minimum absolute atomic E-state index is 0.0854. The lowest BCUT2D eigenvalue weighted by molar-refractivity contribution is -0.215. The summed E-state index contributed by atoms with van der Waals surface area (Å²) < 4.78 is 5.40. The zero-order valence-corrected chi connectivity index (χ0v) is 13.0. The van der Waals surface area contributed by atoms with Crippen molar-refractivity contribution < 1.29 is 14.3 Å². The van der Waals surface area contributed by atoms with Gasteiger partial charge in [0.05, 0.1) is 17.6 Å². The van der Waals surface area contributed by atoms with Crippen molar-refractivity contribution in [3.63, 3.8) is 0 Å². The van der Waals surface area contributed by atoms with Gasteiger partial charge >= 0.3 is 0 Å². The van der Waals surface area contributed by atoms with Crippen molar-refractivity contribution in [2.75, 3.05) is 0 Å². The average Bonchev–Trinajstić information content (AvgIpc) is 3.01. The summed E-state index contributed by atoms with van der Waals surface area (Å²) in [6.45, 7) is 0. The van der Waals surface area contributed by atoms with Gasteiger partial charge < -0.3 is 14.8 Å². The number of nitrogens with zero attached hydrogens (tertiary/aromatic N) is 1. The number of aromatic nitrogens is 1. The van der Waals surface area contributed by atoms with Crippen molar-refractivity contribution in [3.05, 3.63) is 54.4 Å². The van der Waals surface area contributed by atoms with E-state index in [4.69, 9.17) is 4.42 Å². The summed E-state index contributed by atoms with van der Waals surface area (Å²) in [4.78, 5) is 16.8. The summed E-state index contributed by atoms with van der Waals surface area (Å²) in [5.41, 5.74) is 2.52. The SMILES string of the molecule is O=C(NC12CC(O)(C1)C2)c1ccc(-c2nccc3occc23)cc1. The molecule has 5 heteroatoms. The van der Waals surface area contributed by atoms with Crippen LogP contribution in [0.2, 0.25) is 0 Å². The van der Waals surface area contributed by atoms with Gasteiger partial charge in [-0.05, 0) is 43.5 Å². The molecule has 0 spiro atoms. The molecule has 2 N–H and O–H groups in total. The normalized spacial score (nSPS) is 27.4. The van der Waals surface area contributed by atoms with Crippen molar-refractivity contribution in [1.82, 2.24) is 10.3 Å². The summed E-state index contributed by atoms with van der Waals surface area (Å²) >= 11 is 0. The van der Waals surface area contributed by atoms with Crippen LogP contribution in [-0.4, -0.2) is 27.1 Å². The van der Waals surface area contributed by atoms with E-state index in [0.717, 1.165) is 22.2 Å². The molecule has 0 saturated heterocycles. The van der Waals surface area contributed by atoms with Gasteiger partial charge in [0.1, 0.15) is 5.58 Å². The Balaban J connectivity index is 1.39. The highest BCUT2D eigenvalue weighted by atomic mass is 16.3. The number of carbonyl (C=O) groups is 1. The molecule has 1 amide bonds. The fourth-order valence-corrected chi connectivity index (χ4v) is 4.08. The second kappa shape index (κ2) is 4.45. The van der Waals surface area contributed by atoms with Crippen LogP contribution in [-0.2, 0) is 0 Å². The van der Waals surface area contributed by atoms with E-state index in [-0.39, 0.29) is 11.4 Å². The highest BCUT2D eigenvalue weighted by Gasteiger charge is 2.68. The number of aliphatic hydroxyl groups is 1. The maximum absolute atomic E-state index is 12.4. The lowest BCUT2D eigenvalue weighted by Crippen LogP contribution is -2.78. The molecule has 1 aromatic carbocycles. The molecule has 6 rings (SSSR count). The molecular weight excluding hydrogens is 304 g/mol. The number of benzene rings is 1. The number of hydrogen-bond acceptors (Lipinski definition) is 4. The fraction of sp³-hybridized carbons (Fsp3) is 0.263. The molecule has 5 nitrogen and oxygen atoms in total. The first-order valence-corrected chi connectivity index (χ1v) is 8.04. The van der Waals surface area contributed by atoms with E-state index in [1.165, 1.54) is 0 Å². The Morgan fingerprint density at radius 3 is 2.58 bits per heavy atom. The molecule has 0 aliphatic heterocycles. The van der Waals surface area contributed by atoms with Crippen LogP contribution in [0.1, 0.15) is 29.6 Å². The Bertz CT molecular complexity index is 938. The molecule has 2 bridgehead atoms. The van der Waals surface area contributed by atoms with E-state index in [1.807, 2.05) is 36.4 Å². The van der Waals surface area contributed by atoms with Crippen LogP contribution in [0.3, 0.4) is 0 Å². The predicted molar refractivity (Wildman–Crippen MR) is 88.4 cm³/mol. The zero-order valence-electron chi connectivity index (χ0n) is 13.0. The summed E-state index contributed by atoms with van der Waals surface area (Å²) in [5, 5.41) is 13.8. The summed E-state index contributed by atoms with van der Waals surface area (Å²) in [6, 6.07) is 11.2. The second-order valence-electron chi connectivity index (χ2n) is 7.06. The Morgan fingerprint density at radius 1 is 1.12 bits per heavy atom. The maximum Gasteiger partial charge on any atom is 0.251 e. The first-order chi connectivity index (χ1) is 11.6. The lowest BCUT2D eigenvalue weighted by atomic mass is 9.46. The number of amides is 1. The van der Waals surface area contributed by atoms with Crippen LogP contribution < -0.4 is 5.32 Å². The van der Waals surface area contributed by atoms with Gasteiger partial charge in [-0.15, -0.1) is 0 Å². The molecule has 3 saturated carbocycles. The van der Waals surface area contributed by atoms with E-state index >= 15 is 0 Å². The van der Waals surface area contributed by atoms with Gasteiger partial charge in [0.15, 0.2) is 0 Å². The van der Waals surface area contributed by atoms with Crippen molar-refractivity contribution in [3.8, 4) is 11.3 Å². The zero-order chi connectivity index (χ0) is 16.4. The lowest BCUT2D eigenvalue weighted by Gasteiger charge is -2.67. The van der Waals surface area contributed by atoms with E-state index in [9.17, 15) is 9.90 Å². The van der Waals surface area contributed by atoms with Gasteiger partial charge in [-0.1, -0.05) is 12.1 Å². The van der Waals surface area contributed by atoms with E-state index in [1.54, 1.807) is 12.5 Å². The van der Waals surface area contributed by atoms with Crippen LogP contribution in [0.25, 0.3) is 22.2 Å². The van der Waals surface area contributed by atoms with Crippen LogP contribution in [0, 0.1) is 0 Å². The van der Waals surface area contributed by atoms with Gasteiger partial charge in [-0.3, -0.25) is 9.78 Å². The van der Waals surface area contributed by atoms with Gasteiger partial charge in [0.25, 0.3) is 5.91 Å². The van der Waals surface area contributed by atoms with Crippen LogP contribution in [0.15, 0.2) is 53.3 Å². The second-order valence-corrected chi connectivity index (χ2v) is 7.06. The first kappa shape index (κ1) is 13.7. The van der Waals surface area contributed by atoms with Crippen LogP contribution >= 0.6 is 0 Å². The quantitative estimate of drug-likeness (QED) is 0.778. The minimum Gasteiger partial charge on any atom is -0.464 e. The largest absolute Gasteiger partial charge is 0.464 e. The third-order valence-electron chi connectivity index (χ3n) is 5.18. The Kier molecular flexibility index (Phi) is 2.55. The average molecular weight is 320 g/mol. The van der Waals surface area contributed by atoms with Gasteiger partial charge in [-0.25, -0.2) is 0 Å². The Hall–Kier alpha value is -2.66. The number of hydrogen-bond donors (Lipinski definition) is 2. The van der Waals surface area contributed by atoms with Crippen molar-refractivity contribution in [2.45, 2.75) is 30.4 Å². The molecule has 0 radical (unpaired) electrons. The smallest absolute Gasteiger partial charge is 0.251 e. The molecule has 3 aromatic rings. The van der Waals surface area contributed by atoms with E-state index in [0.29, 0.717) is 24.8 Å². The third kappa shape index (κ3) is 1.91. The summed E-state index contributed by atoms with van der Waals surface area (Å²) in [6.07, 6.45) is 5.40. The third-order valence-corrected chi connectivity index (χ3v) is 5.18. The first-order valence-electron chi connectivity index (χ1n) is 8.04. The molecule has 24 heavy (non-hydrogen) atoms. The molecule has 2 heterocycles. The number of rotatable bonds is 3. The van der Waals surface area contributed by atoms with Gasteiger partial charge in [0.2, 0.25) is 0 Å². The molecule has 3 fully saturated rings. The van der Waals surface area contributed by atoms with Gasteiger partial charge in [0, 0.05) is 28.2 Å². The van der Waals surface area contributed by atoms with E-state index in [2.05, 4.69) is 10.3 Å². The van der Waals surface area contributed by atoms with Crippen molar-refractivity contribution >= 4 is 16.9 Å². The number of pyridine rings is 1. The molecular formula is C19H16N2O3. The number of nitrogens with one attached hydrogen (secondary N) is 1. The van der Waals surface area contributed by atoms with E-state index < -0.39 is 5.60 Å². The monoisotopic (exact) mass is 320 g/mol. The standard InChI is InChI=1S/C19H16N2O3/c22-17(21-18-9-19(23,10-18)11-18)13-3-1-12(2-4-13)16-14-6-8-24-15(14)5-7-20-16/h1-8,23H,9-11H2,(H,21,22). The number of fused-ring (bicyclic) bond motifs is 1. The molecule has 3 aliphatic rings. The highest BCUT2D eigenvalue weighted by Crippen LogP contribution is 2.60. The van der Waals surface area contributed by atoms with Crippen molar-refractivity contribution in [2.24, 2.45) is 0 Å². The molecule has 3 aliphatic carbocycles. The number of carbonyl (C=O) groups excluding carboxylic acids is 1. The topological polar surface area (TPSA) is 75.4 Å². The molecule has 2 aromatic heterocycles. The highest BCUT2D eigenvalue weighted by molar-refractivity contribution is 5.96. The predicted octanol–water partition coefficient (Wildman–Crippen LogP) is 2.89. The number of furan rings is 1. The summed E-state index contributed by atoms with van der Waals surface area (Å²) in [7, 11) is 0. The molecule has 0 unspecified atom stereocenters. The van der Waals surface area contributed by atoms with Gasteiger partial charge in [-0.2, -0.15) is 0 Å². The van der Waals surface area contributed by atoms with Crippen molar-refractivity contribution in [1.29, 1.82) is 0 Å². The van der Waals surface area contributed by atoms with Crippen LogP contribution in [0.5, 0.6) is 0 Å². The maximum atomic E-state index is 12.4. The summed E-state index contributed by atoms with van der Waals surface area (Å²) in [5.74, 6) is -0.0854. The fourth-order valence-electron chi connectivity index (χ4n) is 4.08. The van der Waals surface area contributed by atoms with Crippen LogP contribution in [0.4, 0.5) is 0 Å². The Labute approximate surface area is 138 Å².